The van der Waals surface area contributed by atoms with E-state index in [0.717, 1.165) is 11.3 Å². The molecule has 0 aliphatic rings. The van der Waals surface area contributed by atoms with Crippen LogP contribution in [0.1, 0.15) is 31.2 Å². The van der Waals surface area contributed by atoms with Gasteiger partial charge in [0, 0.05) is 10.9 Å². The number of nitrogens with two attached hydrogens (primary N) is 1. The van der Waals surface area contributed by atoms with Gasteiger partial charge in [0.2, 0.25) is 0 Å². The van der Waals surface area contributed by atoms with Crippen LogP contribution in [0.3, 0.4) is 0 Å². The first-order chi connectivity index (χ1) is 6.11. The molecule has 0 aliphatic carbocycles. The number of aliphatic hydroxyl groups is 1. The zero-order chi connectivity index (χ0) is 9.84. The Bertz CT molecular complexity index is 233. The van der Waals surface area contributed by atoms with Crippen LogP contribution in [0.2, 0.25) is 0 Å². The van der Waals surface area contributed by atoms with E-state index in [-0.39, 0.29) is 6.04 Å². The maximum absolute atomic E-state index is 9.81. The maximum atomic E-state index is 9.81. The molecule has 13 heavy (non-hydrogen) atoms. The summed E-state index contributed by atoms with van der Waals surface area (Å²) < 4.78 is 0. The zero-order valence-electron chi connectivity index (χ0n) is 8.10. The normalized spacial score (nSPS) is 16.1. The van der Waals surface area contributed by atoms with Crippen LogP contribution in [0.25, 0.3) is 0 Å². The lowest BCUT2D eigenvalue weighted by Gasteiger charge is -2.19. The van der Waals surface area contributed by atoms with Gasteiger partial charge in [0.15, 0.2) is 0 Å². The molecule has 0 spiro atoms. The smallest absolute Gasteiger partial charge is 0.103 e. The minimum Gasteiger partial charge on any atom is -0.386 e. The minimum atomic E-state index is -0.498. The van der Waals surface area contributed by atoms with Gasteiger partial charge in [-0.15, -0.1) is 11.3 Å². The van der Waals surface area contributed by atoms with Crippen molar-refractivity contribution in [1.29, 1.82) is 0 Å². The Morgan fingerprint density at radius 1 is 1.54 bits per heavy atom. The lowest BCUT2D eigenvalue weighted by atomic mass is 9.99. The molecule has 1 aromatic rings. The van der Waals surface area contributed by atoms with Crippen molar-refractivity contribution in [3.63, 3.8) is 0 Å². The van der Waals surface area contributed by atoms with E-state index in [9.17, 15) is 5.11 Å². The second kappa shape index (κ2) is 4.74. The highest BCUT2D eigenvalue weighted by molar-refractivity contribution is 7.10. The van der Waals surface area contributed by atoms with Gasteiger partial charge < -0.3 is 10.8 Å². The third-order valence-electron chi connectivity index (χ3n) is 1.98. The number of aliphatic hydroxyl groups excluding tert-OH is 1. The number of thiophene rings is 1. The van der Waals surface area contributed by atoms with Crippen LogP contribution >= 0.6 is 11.3 Å². The number of rotatable bonds is 4. The Morgan fingerprint density at radius 3 is 2.69 bits per heavy atom. The van der Waals surface area contributed by atoms with Gasteiger partial charge in [0.05, 0.1) is 0 Å². The molecular formula is C10H17NOS. The Morgan fingerprint density at radius 2 is 2.23 bits per heavy atom. The summed E-state index contributed by atoms with van der Waals surface area (Å²) >= 11 is 1.56. The van der Waals surface area contributed by atoms with Gasteiger partial charge in [0.25, 0.3) is 0 Å². The van der Waals surface area contributed by atoms with Crippen molar-refractivity contribution in [2.75, 3.05) is 0 Å². The molecule has 0 bridgehead atoms. The standard InChI is InChI=1S/C10H17NOS/c1-7(2)6-8(11)10(12)9-4-3-5-13-9/h3-5,7-8,10,12H,6,11H2,1-2H3/t8-,10-/m0/s1. The molecule has 0 unspecified atom stereocenters. The fourth-order valence-electron chi connectivity index (χ4n) is 1.34. The molecule has 2 nitrogen and oxygen atoms in total. The van der Waals surface area contributed by atoms with Crippen LogP contribution in [0.15, 0.2) is 17.5 Å². The van der Waals surface area contributed by atoms with E-state index in [1.807, 2.05) is 17.5 Å². The Hall–Kier alpha value is -0.380. The summed E-state index contributed by atoms with van der Waals surface area (Å²) in [5.74, 6) is 0.532. The van der Waals surface area contributed by atoms with Crippen molar-refractivity contribution in [2.45, 2.75) is 32.4 Å². The fourth-order valence-corrected chi connectivity index (χ4v) is 2.13. The molecule has 2 atom stereocenters. The van der Waals surface area contributed by atoms with E-state index >= 15 is 0 Å². The first-order valence-corrected chi connectivity index (χ1v) is 5.46. The van der Waals surface area contributed by atoms with Gasteiger partial charge in [-0.2, -0.15) is 0 Å². The summed E-state index contributed by atoms with van der Waals surface area (Å²) in [7, 11) is 0. The van der Waals surface area contributed by atoms with E-state index in [2.05, 4.69) is 13.8 Å². The summed E-state index contributed by atoms with van der Waals surface area (Å²) in [5.41, 5.74) is 5.87. The molecule has 0 aliphatic heterocycles. The number of hydrogen-bond donors (Lipinski definition) is 2. The fraction of sp³-hybridized carbons (Fsp3) is 0.600. The SMILES string of the molecule is CC(C)C[C@H](N)[C@H](O)c1cccs1. The molecule has 0 aromatic carbocycles. The van der Waals surface area contributed by atoms with Crippen LogP contribution in [0, 0.1) is 5.92 Å². The van der Waals surface area contributed by atoms with Gasteiger partial charge in [-0.3, -0.25) is 0 Å². The average molecular weight is 199 g/mol. The van der Waals surface area contributed by atoms with Crippen molar-refractivity contribution in [1.82, 2.24) is 0 Å². The molecule has 3 N–H and O–H groups in total. The largest absolute Gasteiger partial charge is 0.386 e. The third kappa shape index (κ3) is 3.10. The Balaban J connectivity index is 2.52. The highest BCUT2D eigenvalue weighted by atomic mass is 32.1. The van der Waals surface area contributed by atoms with Gasteiger partial charge in [0.1, 0.15) is 6.10 Å². The Kier molecular flexibility index (Phi) is 3.90. The average Bonchev–Trinajstić information content (AvgIpc) is 2.53. The summed E-state index contributed by atoms with van der Waals surface area (Å²) in [6, 6.07) is 3.72. The second-order valence-corrected chi connectivity index (χ2v) is 4.73. The first-order valence-electron chi connectivity index (χ1n) is 4.58. The van der Waals surface area contributed by atoms with Crippen molar-refractivity contribution in [3.05, 3.63) is 22.4 Å². The highest BCUT2D eigenvalue weighted by Gasteiger charge is 2.18. The summed E-state index contributed by atoms with van der Waals surface area (Å²) in [6.45, 7) is 4.22. The third-order valence-corrected chi connectivity index (χ3v) is 2.93. The van der Waals surface area contributed by atoms with Crippen molar-refractivity contribution in [2.24, 2.45) is 11.7 Å². The molecule has 1 rings (SSSR count). The van der Waals surface area contributed by atoms with Crippen LogP contribution in [-0.4, -0.2) is 11.1 Å². The zero-order valence-corrected chi connectivity index (χ0v) is 8.92. The van der Waals surface area contributed by atoms with Crippen molar-refractivity contribution in [3.8, 4) is 0 Å². The van der Waals surface area contributed by atoms with Crippen LogP contribution < -0.4 is 5.73 Å². The molecule has 74 valence electrons. The number of hydrogen-bond acceptors (Lipinski definition) is 3. The quantitative estimate of drug-likeness (QED) is 0.780. The van der Waals surface area contributed by atoms with Gasteiger partial charge in [-0.05, 0) is 23.8 Å². The molecule has 0 saturated carbocycles. The molecule has 0 saturated heterocycles. The molecule has 3 heteroatoms. The van der Waals surface area contributed by atoms with Crippen LogP contribution in [0.4, 0.5) is 0 Å². The van der Waals surface area contributed by atoms with Gasteiger partial charge >= 0.3 is 0 Å². The predicted molar refractivity (Wildman–Crippen MR) is 56.7 cm³/mol. The van der Waals surface area contributed by atoms with Crippen LogP contribution in [-0.2, 0) is 0 Å². The van der Waals surface area contributed by atoms with Gasteiger partial charge in [-0.25, -0.2) is 0 Å². The molecule has 0 amide bonds. The summed E-state index contributed by atoms with van der Waals surface area (Å²) in [6.07, 6.45) is 0.362. The van der Waals surface area contributed by atoms with E-state index in [1.165, 1.54) is 0 Å². The molecule has 0 fully saturated rings. The van der Waals surface area contributed by atoms with Crippen molar-refractivity contribution < 1.29 is 5.11 Å². The van der Waals surface area contributed by atoms with Gasteiger partial charge in [-0.1, -0.05) is 19.9 Å². The van der Waals surface area contributed by atoms with Crippen molar-refractivity contribution >= 4 is 11.3 Å². The lowest BCUT2D eigenvalue weighted by Crippen LogP contribution is -2.29. The summed E-state index contributed by atoms with van der Waals surface area (Å²) in [4.78, 5) is 0.966. The lowest BCUT2D eigenvalue weighted by molar-refractivity contribution is 0.139. The van der Waals surface area contributed by atoms with E-state index < -0.39 is 6.10 Å². The first kappa shape index (κ1) is 10.7. The minimum absolute atomic E-state index is 0.140. The predicted octanol–water partition coefficient (Wildman–Crippen LogP) is 2.15. The monoisotopic (exact) mass is 199 g/mol. The Labute approximate surface area is 83.4 Å². The second-order valence-electron chi connectivity index (χ2n) is 3.75. The van der Waals surface area contributed by atoms with Crippen LogP contribution in [0.5, 0.6) is 0 Å². The molecule has 1 heterocycles. The molecule has 1 aromatic heterocycles. The molecule has 0 radical (unpaired) electrons. The van der Waals surface area contributed by atoms with E-state index in [1.54, 1.807) is 11.3 Å². The topological polar surface area (TPSA) is 46.2 Å². The molecular weight excluding hydrogens is 182 g/mol. The maximum Gasteiger partial charge on any atom is 0.103 e. The highest BCUT2D eigenvalue weighted by Crippen LogP contribution is 2.23. The summed E-state index contributed by atoms with van der Waals surface area (Å²) in [5, 5.41) is 11.8. The van der Waals surface area contributed by atoms with E-state index in [0.29, 0.717) is 5.92 Å². The van der Waals surface area contributed by atoms with E-state index in [4.69, 9.17) is 5.73 Å².